The van der Waals surface area contributed by atoms with Crippen LogP contribution in [0.5, 0.6) is 5.75 Å². The van der Waals surface area contributed by atoms with Gasteiger partial charge in [0.25, 0.3) is 0 Å². The number of ether oxygens (including phenoxy) is 1. The molecule has 0 fully saturated rings. The van der Waals surface area contributed by atoms with Crippen molar-refractivity contribution in [1.29, 1.82) is 0 Å². The highest BCUT2D eigenvalue weighted by Crippen LogP contribution is 2.36. The molecule has 0 spiro atoms. The second kappa shape index (κ2) is 5.48. The normalized spacial score (nSPS) is 13.8. The standard InChI is InChI=1S/C15H8Cl2F3NO/c16-11-5-9-6-13(21-14(9)7-12(11)17)8-1-3-10(4-2-8)22-15(18,19)20/h1-5,7H,6H2. The first-order chi connectivity index (χ1) is 10.3. The molecule has 0 radical (unpaired) electrons. The highest BCUT2D eigenvalue weighted by atomic mass is 35.5. The minimum Gasteiger partial charge on any atom is -0.406 e. The van der Waals surface area contributed by atoms with Gasteiger partial charge in [0.05, 0.1) is 21.4 Å². The van der Waals surface area contributed by atoms with E-state index in [0.29, 0.717) is 16.5 Å². The van der Waals surface area contributed by atoms with Crippen LogP contribution in [0.2, 0.25) is 10.0 Å². The first-order valence-corrected chi connectivity index (χ1v) is 6.99. The monoisotopic (exact) mass is 345 g/mol. The molecule has 0 aromatic heterocycles. The molecule has 0 amide bonds. The van der Waals surface area contributed by atoms with E-state index in [1.54, 1.807) is 12.1 Å². The van der Waals surface area contributed by atoms with E-state index < -0.39 is 6.36 Å². The lowest BCUT2D eigenvalue weighted by atomic mass is 10.0. The zero-order valence-electron chi connectivity index (χ0n) is 10.9. The number of benzene rings is 2. The summed E-state index contributed by atoms with van der Waals surface area (Å²) in [5, 5.41) is 0.866. The Hall–Kier alpha value is -1.72. The van der Waals surface area contributed by atoms with Gasteiger partial charge in [0.1, 0.15) is 5.75 Å². The molecule has 114 valence electrons. The van der Waals surface area contributed by atoms with E-state index in [1.807, 2.05) is 0 Å². The third kappa shape index (κ3) is 3.20. The van der Waals surface area contributed by atoms with Crippen LogP contribution < -0.4 is 4.74 Å². The van der Waals surface area contributed by atoms with Crippen molar-refractivity contribution in [3.05, 3.63) is 57.6 Å². The largest absolute Gasteiger partial charge is 0.573 e. The summed E-state index contributed by atoms with van der Waals surface area (Å²) < 4.78 is 40.2. The summed E-state index contributed by atoms with van der Waals surface area (Å²) in [6, 6.07) is 9.01. The first-order valence-electron chi connectivity index (χ1n) is 6.23. The summed E-state index contributed by atoms with van der Waals surface area (Å²) in [5.41, 5.74) is 3.12. The number of fused-ring (bicyclic) bond motifs is 1. The number of hydrogen-bond donors (Lipinski definition) is 0. The van der Waals surface area contributed by atoms with Crippen molar-refractivity contribution in [3.8, 4) is 5.75 Å². The zero-order chi connectivity index (χ0) is 15.9. The molecule has 0 atom stereocenters. The van der Waals surface area contributed by atoms with E-state index in [-0.39, 0.29) is 5.75 Å². The van der Waals surface area contributed by atoms with Crippen molar-refractivity contribution < 1.29 is 17.9 Å². The highest BCUT2D eigenvalue weighted by molar-refractivity contribution is 6.42. The first kappa shape index (κ1) is 15.2. The second-order valence-electron chi connectivity index (χ2n) is 4.70. The van der Waals surface area contributed by atoms with E-state index in [1.165, 1.54) is 24.3 Å². The molecular weight excluding hydrogens is 338 g/mol. The molecule has 0 N–H and O–H groups in total. The van der Waals surface area contributed by atoms with Gasteiger partial charge in [-0.3, -0.25) is 4.99 Å². The number of halogens is 5. The van der Waals surface area contributed by atoms with Crippen LogP contribution in [-0.4, -0.2) is 12.1 Å². The van der Waals surface area contributed by atoms with Crippen LogP contribution in [-0.2, 0) is 6.42 Å². The summed E-state index contributed by atoms with van der Waals surface area (Å²) >= 11 is 11.9. The second-order valence-corrected chi connectivity index (χ2v) is 5.52. The third-order valence-corrected chi connectivity index (χ3v) is 3.88. The van der Waals surface area contributed by atoms with E-state index >= 15 is 0 Å². The molecule has 0 saturated heterocycles. The van der Waals surface area contributed by atoms with Gasteiger partial charge in [0.2, 0.25) is 0 Å². The quantitative estimate of drug-likeness (QED) is 0.697. The maximum Gasteiger partial charge on any atom is 0.573 e. The van der Waals surface area contributed by atoms with Crippen molar-refractivity contribution >= 4 is 34.6 Å². The molecule has 3 rings (SSSR count). The molecule has 2 nitrogen and oxygen atoms in total. The Morgan fingerprint density at radius 1 is 1.00 bits per heavy atom. The Balaban J connectivity index is 1.83. The fourth-order valence-corrected chi connectivity index (χ4v) is 2.55. The number of alkyl halides is 3. The van der Waals surface area contributed by atoms with Crippen LogP contribution in [0.1, 0.15) is 11.1 Å². The zero-order valence-corrected chi connectivity index (χ0v) is 12.4. The van der Waals surface area contributed by atoms with Gasteiger partial charge in [0, 0.05) is 6.42 Å². The Kier molecular flexibility index (Phi) is 3.78. The number of nitrogens with zero attached hydrogens (tertiary/aromatic N) is 1. The van der Waals surface area contributed by atoms with Gasteiger partial charge in [-0.2, -0.15) is 0 Å². The molecule has 0 aliphatic carbocycles. The van der Waals surface area contributed by atoms with Crippen LogP contribution in [0.3, 0.4) is 0 Å². The van der Waals surface area contributed by atoms with Gasteiger partial charge < -0.3 is 4.74 Å². The molecule has 2 aromatic rings. The van der Waals surface area contributed by atoms with Gasteiger partial charge in [-0.05, 0) is 47.5 Å². The fourth-order valence-electron chi connectivity index (χ4n) is 2.20. The molecule has 0 saturated carbocycles. The summed E-state index contributed by atoms with van der Waals surface area (Å²) in [7, 11) is 0. The smallest absolute Gasteiger partial charge is 0.406 e. The van der Waals surface area contributed by atoms with Crippen LogP contribution in [0.15, 0.2) is 41.4 Å². The molecule has 0 unspecified atom stereocenters. The van der Waals surface area contributed by atoms with Crippen molar-refractivity contribution in [2.75, 3.05) is 0 Å². The van der Waals surface area contributed by atoms with Crippen molar-refractivity contribution in [1.82, 2.24) is 0 Å². The Bertz CT molecular complexity index is 755. The molecule has 22 heavy (non-hydrogen) atoms. The van der Waals surface area contributed by atoms with Crippen LogP contribution in [0.4, 0.5) is 18.9 Å². The van der Waals surface area contributed by atoms with Crippen molar-refractivity contribution in [2.45, 2.75) is 12.8 Å². The molecule has 1 aliphatic heterocycles. The van der Waals surface area contributed by atoms with E-state index in [9.17, 15) is 13.2 Å². The van der Waals surface area contributed by atoms with Gasteiger partial charge in [-0.15, -0.1) is 13.2 Å². The lowest BCUT2D eigenvalue weighted by Crippen LogP contribution is -2.17. The fraction of sp³-hybridized carbons (Fsp3) is 0.133. The SMILES string of the molecule is FC(F)(F)Oc1ccc(C2=Nc3cc(Cl)c(Cl)cc3C2)cc1. The molecule has 2 aromatic carbocycles. The van der Waals surface area contributed by atoms with E-state index in [0.717, 1.165) is 22.5 Å². The van der Waals surface area contributed by atoms with Crippen molar-refractivity contribution in [2.24, 2.45) is 4.99 Å². The summed E-state index contributed by atoms with van der Waals surface area (Å²) in [6.07, 6.45) is -4.15. The Labute approximate surface area is 134 Å². The van der Waals surface area contributed by atoms with E-state index in [2.05, 4.69) is 9.73 Å². The average molecular weight is 346 g/mol. The van der Waals surface area contributed by atoms with E-state index in [4.69, 9.17) is 23.2 Å². The third-order valence-electron chi connectivity index (χ3n) is 3.16. The van der Waals surface area contributed by atoms with Gasteiger partial charge in [0.15, 0.2) is 0 Å². The van der Waals surface area contributed by atoms with Gasteiger partial charge >= 0.3 is 6.36 Å². The lowest BCUT2D eigenvalue weighted by molar-refractivity contribution is -0.274. The summed E-state index contributed by atoms with van der Waals surface area (Å²) in [4.78, 5) is 4.44. The van der Waals surface area contributed by atoms with Crippen molar-refractivity contribution in [3.63, 3.8) is 0 Å². The minimum atomic E-state index is -4.70. The number of hydrogen-bond acceptors (Lipinski definition) is 2. The van der Waals surface area contributed by atoms with Gasteiger partial charge in [-0.1, -0.05) is 23.2 Å². The highest BCUT2D eigenvalue weighted by Gasteiger charge is 2.31. The number of rotatable bonds is 2. The molecular formula is C15H8Cl2F3NO. The topological polar surface area (TPSA) is 21.6 Å². The maximum absolute atomic E-state index is 12.1. The molecule has 7 heteroatoms. The summed E-state index contributed by atoms with van der Waals surface area (Å²) in [5.74, 6) is -0.265. The summed E-state index contributed by atoms with van der Waals surface area (Å²) in [6.45, 7) is 0. The number of aliphatic imine (C=N–C) groups is 1. The Morgan fingerprint density at radius 2 is 1.64 bits per heavy atom. The van der Waals surface area contributed by atoms with Gasteiger partial charge in [-0.25, -0.2) is 0 Å². The predicted octanol–water partition coefficient (Wildman–Crippen LogP) is 5.57. The minimum absolute atomic E-state index is 0.265. The average Bonchev–Trinajstić information content (AvgIpc) is 2.81. The van der Waals surface area contributed by atoms with Crippen LogP contribution >= 0.6 is 23.2 Å². The van der Waals surface area contributed by atoms with Crippen LogP contribution in [0.25, 0.3) is 0 Å². The van der Waals surface area contributed by atoms with Crippen LogP contribution in [0, 0.1) is 0 Å². The molecule has 0 bridgehead atoms. The Morgan fingerprint density at radius 3 is 2.27 bits per heavy atom. The molecule has 1 heterocycles. The molecule has 1 aliphatic rings. The lowest BCUT2D eigenvalue weighted by Gasteiger charge is -2.09. The maximum atomic E-state index is 12.1. The predicted molar refractivity (Wildman–Crippen MR) is 79.5 cm³/mol.